The molecule has 0 aliphatic carbocycles. The summed E-state index contributed by atoms with van der Waals surface area (Å²) in [4.78, 5) is 71.4. The second-order valence-corrected chi connectivity index (χ2v) is 14.5. The molecule has 1 saturated heterocycles. The van der Waals surface area contributed by atoms with Crippen molar-refractivity contribution in [3.05, 3.63) is 73.3 Å². The van der Waals surface area contributed by atoms with Crippen LogP contribution in [0, 0.1) is 0 Å². The van der Waals surface area contributed by atoms with Gasteiger partial charge >= 0.3 is 17.9 Å². The molecule has 2 aromatic heterocycles. The van der Waals surface area contributed by atoms with Crippen LogP contribution in [0.5, 0.6) is 0 Å². The summed E-state index contributed by atoms with van der Waals surface area (Å²) < 4.78 is 1.62. The van der Waals surface area contributed by atoms with E-state index in [2.05, 4.69) is 38.9 Å². The maximum Gasteiger partial charge on any atom is 0.317 e. The van der Waals surface area contributed by atoms with Crippen LogP contribution in [0.2, 0.25) is 0 Å². The number of fused-ring (bicyclic) bond motifs is 1. The lowest BCUT2D eigenvalue weighted by molar-refractivity contribution is -0.140. The molecule has 310 valence electrons. The number of pyridine rings is 1. The number of rotatable bonds is 18. The molecule has 3 heterocycles. The van der Waals surface area contributed by atoms with Gasteiger partial charge in [-0.05, 0) is 35.8 Å². The van der Waals surface area contributed by atoms with Gasteiger partial charge in [0.25, 0.3) is 0 Å². The van der Waals surface area contributed by atoms with Gasteiger partial charge in [-0.15, -0.1) is 0 Å². The van der Waals surface area contributed by atoms with Crippen molar-refractivity contribution in [3.63, 3.8) is 0 Å². The SMILES string of the molecule is O=C(O)CN1CCN(CC(=O)O)CCN(CC(=O)NCCCCCNC(=O)Cn2cc(-c3ccc(-c4cncc5ccccc45)cc3)cn2)CCN(CC(=O)O)CC1. The van der Waals surface area contributed by atoms with E-state index in [-0.39, 0.29) is 44.5 Å². The zero-order valence-electron chi connectivity index (χ0n) is 32.7. The minimum atomic E-state index is -1.02. The molecule has 1 aliphatic heterocycles. The molecule has 5 N–H and O–H groups in total. The Morgan fingerprint density at radius 2 is 1.02 bits per heavy atom. The highest BCUT2D eigenvalue weighted by atomic mass is 16.4. The van der Waals surface area contributed by atoms with Gasteiger partial charge in [-0.3, -0.25) is 53.2 Å². The van der Waals surface area contributed by atoms with Gasteiger partial charge in [-0.1, -0.05) is 48.5 Å². The summed E-state index contributed by atoms with van der Waals surface area (Å²) in [5.41, 5.74) is 4.03. The number of unbranched alkanes of at least 4 members (excludes halogenated alkanes) is 2. The molecule has 4 aromatic rings. The van der Waals surface area contributed by atoms with Gasteiger partial charge in [-0.25, -0.2) is 0 Å². The number of carbonyl (C=O) groups is 5. The van der Waals surface area contributed by atoms with E-state index in [9.17, 15) is 39.3 Å². The van der Waals surface area contributed by atoms with E-state index in [0.717, 1.165) is 45.9 Å². The second-order valence-electron chi connectivity index (χ2n) is 14.5. The molecule has 1 fully saturated rings. The van der Waals surface area contributed by atoms with Crippen molar-refractivity contribution in [1.29, 1.82) is 0 Å². The maximum atomic E-state index is 12.9. The fourth-order valence-electron chi connectivity index (χ4n) is 6.92. The predicted octanol–water partition coefficient (Wildman–Crippen LogP) is 1.64. The van der Waals surface area contributed by atoms with Crippen LogP contribution in [0.3, 0.4) is 0 Å². The molecule has 58 heavy (non-hydrogen) atoms. The number of aromatic nitrogens is 3. The third-order valence-corrected chi connectivity index (χ3v) is 10.0. The molecule has 17 heteroatoms. The van der Waals surface area contributed by atoms with E-state index < -0.39 is 17.9 Å². The van der Waals surface area contributed by atoms with Crippen molar-refractivity contribution in [3.8, 4) is 22.3 Å². The molecule has 5 rings (SSSR count). The summed E-state index contributed by atoms with van der Waals surface area (Å²) in [5, 5.41) is 40.7. The highest BCUT2D eigenvalue weighted by Gasteiger charge is 2.21. The lowest BCUT2D eigenvalue weighted by Gasteiger charge is -2.32. The molecule has 0 saturated carbocycles. The second kappa shape index (κ2) is 22.3. The summed E-state index contributed by atoms with van der Waals surface area (Å²) in [7, 11) is 0. The van der Waals surface area contributed by atoms with Gasteiger partial charge in [0.2, 0.25) is 11.8 Å². The van der Waals surface area contributed by atoms with Crippen molar-refractivity contribution in [2.75, 3.05) is 91.6 Å². The number of amides is 2. The first kappa shape index (κ1) is 43.4. The number of hydrogen-bond acceptors (Lipinski definition) is 11. The average Bonchev–Trinajstić information content (AvgIpc) is 3.66. The van der Waals surface area contributed by atoms with E-state index in [4.69, 9.17) is 0 Å². The Balaban J connectivity index is 1.00. The molecular formula is C41H53N9O8. The fourth-order valence-corrected chi connectivity index (χ4v) is 6.92. The first-order valence-electron chi connectivity index (χ1n) is 19.6. The topological polar surface area (TPSA) is 214 Å². The van der Waals surface area contributed by atoms with E-state index in [1.807, 2.05) is 53.8 Å². The Labute approximate surface area is 337 Å². The molecular weight excluding hydrogens is 747 g/mol. The summed E-state index contributed by atoms with van der Waals surface area (Å²) in [6.07, 6.45) is 9.57. The van der Waals surface area contributed by atoms with Crippen molar-refractivity contribution in [2.45, 2.75) is 25.8 Å². The van der Waals surface area contributed by atoms with Gasteiger partial charge in [-0.2, -0.15) is 5.10 Å². The Kier molecular flexibility index (Phi) is 16.6. The molecule has 0 bridgehead atoms. The van der Waals surface area contributed by atoms with Gasteiger partial charge in [0.1, 0.15) is 6.54 Å². The zero-order valence-corrected chi connectivity index (χ0v) is 32.7. The normalized spacial score (nSPS) is 15.3. The van der Waals surface area contributed by atoms with Crippen LogP contribution in [0.25, 0.3) is 33.0 Å². The van der Waals surface area contributed by atoms with Crippen molar-refractivity contribution >= 4 is 40.5 Å². The Morgan fingerprint density at radius 3 is 1.55 bits per heavy atom. The highest BCUT2D eigenvalue weighted by Crippen LogP contribution is 2.29. The molecule has 0 atom stereocenters. The van der Waals surface area contributed by atoms with Crippen molar-refractivity contribution < 1.29 is 39.3 Å². The van der Waals surface area contributed by atoms with Crippen LogP contribution in [-0.2, 0) is 30.5 Å². The summed E-state index contributed by atoms with van der Waals surface area (Å²) in [6, 6.07) is 16.4. The Hall–Kier alpha value is -5.75. The largest absolute Gasteiger partial charge is 0.480 e. The number of benzene rings is 2. The number of hydrogen-bond donors (Lipinski definition) is 5. The van der Waals surface area contributed by atoms with E-state index in [0.29, 0.717) is 71.9 Å². The van der Waals surface area contributed by atoms with Crippen molar-refractivity contribution in [2.24, 2.45) is 0 Å². The number of aliphatic carboxylic acids is 3. The fraction of sp³-hybridized carbons (Fsp3) is 0.439. The first-order valence-corrected chi connectivity index (χ1v) is 19.6. The molecule has 1 aliphatic rings. The van der Waals surface area contributed by atoms with Gasteiger partial charge < -0.3 is 26.0 Å². The van der Waals surface area contributed by atoms with E-state index in [1.165, 1.54) is 0 Å². The van der Waals surface area contributed by atoms with Crippen LogP contribution in [0.4, 0.5) is 0 Å². The van der Waals surface area contributed by atoms with Crippen LogP contribution < -0.4 is 10.6 Å². The van der Waals surface area contributed by atoms with Crippen LogP contribution >= 0.6 is 0 Å². The summed E-state index contributed by atoms with van der Waals surface area (Å²) in [5.74, 6) is -3.37. The standard InChI is InChI=1S/C41H53N9O8/c51-37(26-46-14-16-47(28-39(53)54)18-20-49(30-41(57)58)21-19-48(17-15-46)29-40(55)56)43-12-4-1-5-13-44-38(52)27-50-25-34(23-45-50)31-8-10-32(11-9-31)36-24-42-22-33-6-2-3-7-35(33)36/h2-3,6-11,22-25H,1,4-5,12-21,26-30H2,(H,43,51)(H,44,52)(H,53,54)(H,55,56)(H,57,58). The molecule has 0 unspecified atom stereocenters. The zero-order chi connectivity index (χ0) is 41.3. The monoisotopic (exact) mass is 799 g/mol. The van der Waals surface area contributed by atoms with Crippen LogP contribution in [0.15, 0.2) is 73.3 Å². The molecule has 0 radical (unpaired) electrons. The maximum absolute atomic E-state index is 12.9. The average molecular weight is 800 g/mol. The van der Waals surface area contributed by atoms with E-state index >= 15 is 0 Å². The number of carboxylic acids is 3. The van der Waals surface area contributed by atoms with Crippen LogP contribution in [-0.4, -0.2) is 171 Å². The third kappa shape index (κ3) is 14.3. The molecule has 17 nitrogen and oxygen atoms in total. The quantitative estimate of drug-likeness (QED) is 0.0906. The first-order chi connectivity index (χ1) is 28.0. The number of carboxylic acid groups (broad SMARTS) is 3. The van der Waals surface area contributed by atoms with Crippen molar-refractivity contribution in [1.82, 2.24) is 45.0 Å². The third-order valence-electron chi connectivity index (χ3n) is 10.0. The molecule has 2 aromatic carbocycles. The Morgan fingerprint density at radius 1 is 0.534 bits per heavy atom. The number of nitrogens with zero attached hydrogens (tertiary/aromatic N) is 7. The minimum absolute atomic E-state index is 0.0618. The number of carbonyl (C=O) groups excluding carboxylic acids is 2. The minimum Gasteiger partial charge on any atom is -0.480 e. The summed E-state index contributed by atoms with van der Waals surface area (Å²) >= 11 is 0. The van der Waals surface area contributed by atoms with Gasteiger partial charge in [0, 0.05) is 101 Å². The highest BCUT2D eigenvalue weighted by molar-refractivity contribution is 5.96. The molecule has 2 amide bonds. The molecule has 0 spiro atoms. The predicted molar refractivity (Wildman–Crippen MR) is 217 cm³/mol. The van der Waals surface area contributed by atoms with Gasteiger partial charge in [0.05, 0.1) is 32.4 Å². The number of nitrogens with one attached hydrogen (secondary N) is 2. The van der Waals surface area contributed by atoms with Gasteiger partial charge in [0.15, 0.2) is 0 Å². The van der Waals surface area contributed by atoms with Crippen LogP contribution in [0.1, 0.15) is 19.3 Å². The van der Waals surface area contributed by atoms with E-state index in [1.54, 1.807) is 25.6 Å². The lowest BCUT2D eigenvalue weighted by atomic mass is 9.99. The summed E-state index contributed by atoms with van der Waals surface area (Å²) in [6.45, 7) is 3.07. The smallest absolute Gasteiger partial charge is 0.317 e. The Bertz CT molecular complexity index is 1950. The lowest BCUT2D eigenvalue weighted by Crippen LogP contribution is -2.49.